The van der Waals surface area contributed by atoms with Crippen molar-refractivity contribution in [2.75, 3.05) is 39.8 Å². The highest BCUT2D eigenvalue weighted by molar-refractivity contribution is 9.10. The van der Waals surface area contributed by atoms with Gasteiger partial charge in [-0.2, -0.15) is 0 Å². The van der Waals surface area contributed by atoms with Crippen molar-refractivity contribution in [3.8, 4) is 5.88 Å². The summed E-state index contributed by atoms with van der Waals surface area (Å²) in [6.07, 6.45) is 3.80. The molecule has 0 bridgehead atoms. The third-order valence-corrected chi connectivity index (χ3v) is 5.14. The SMILES string of the molecule is COc1ccc(C(=O)N2CCN(C/C(C)=C/c3ccc(Br)cc3)CC2)cn1. The highest BCUT2D eigenvalue weighted by Gasteiger charge is 2.22. The predicted octanol–water partition coefficient (Wildman–Crippen LogP) is 3.71. The first-order valence-electron chi connectivity index (χ1n) is 8.99. The predicted molar refractivity (Wildman–Crippen MR) is 111 cm³/mol. The molecule has 0 aliphatic carbocycles. The molecule has 27 heavy (non-hydrogen) atoms. The first-order chi connectivity index (χ1) is 13.0. The van der Waals surface area contributed by atoms with Crippen LogP contribution < -0.4 is 4.74 Å². The lowest BCUT2D eigenvalue weighted by molar-refractivity contribution is 0.0647. The number of hydrogen-bond acceptors (Lipinski definition) is 4. The summed E-state index contributed by atoms with van der Waals surface area (Å²) < 4.78 is 6.13. The second-order valence-electron chi connectivity index (χ2n) is 6.70. The van der Waals surface area contributed by atoms with Gasteiger partial charge in [0.15, 0.2) is 0 Å². The second kappa shape index (κ2) is 9.15. The number of aromatic nitrogens is 1. The fourth-order valence-electron chi connectivity index (χ4n) is 3.16. The van der Waals surface area contributed by atoms with E-state index in [0.717, 1.165) is 37.2 Å². The van der Waals surface area contributed by atoms with Crippen molar-refractivity contribution < 1.29 is 9.53 Å². The van der Waals surface area contributed by atoms with Gasteiger partial charge in [0.25, 0.3) is 5.91 Å². The molecule has 5 nitrogen and oxygen atoms in total. The van der Waals surface area contributed by atoms with Gasteiger partial charge in [-0.05, 0) is 30.7 Å². The number of benzene rings is 1. The average molecular weight is 430 g/mol. The normalized spacial score (nSPS) is 15.7. The number of nitrogens with zero attached hydrogens (tertiary/aromatic N) is 3. The molecule has 142 valence electrons. The van der Waals surface area contributed by atoms with Crippen molar-refractivity contribution in [1.29, 1.82) is 0 Å². The zero-order valence-electron chi connectivity index (χ0n) is 15.7. The van der Waals surface area contributed by atoms with Crippen LogP contribution in [0.4, 0.5) is 0 Å². The Hall–Kier alpha value is -2.18. The Morgan fingerprint density at radius 3 is 2.44 bits per heavy atom. The van der Waals surface area contributed by atoms with Crippen molar-refractivity contribution >= 4 is 27.9 Å². The first-order valence-corrected chi connectivity index (χ1v) is 9.79. The molecule has 0 N–H and O–H groups in total. The lowest BCUT2D eigenvalue weighted by atomic mass is 10.1. The third-order valence-electron chi connectivity index (χ3n) is 4.61. The van der Waals surface area contributed by atoms with Gasteiger partial charge in [0, 0.05) is 49.5 Å². The van der Waals surface area contributed by atoms with Crippen LogP contribution in [0.15, 0.2) is 52.6 Å². The highest BCUT2D eigenvalue weighted by Crippen LogP contribution is 2.15. The smallest absolute Gasteiger partial charge is 0.255 e. The molecule has 1 aromatic carbocycles. The van der Waals surface area contributed by atoms with Crippen LogP contribution in [0.2, 0.25) is 0 Å². The Labute approximate surface area is 168 Å². The van der Waals surface area contributed by atoms with Crippen LogP contribution in [-0.2, 0) is 0 Å². The van der Waals surface area contributed by atoms with E-state index in [-0.39, 0.29) is 5.91 Å². The average Bonchev–Trinajstić information content (AvgIpc) is 2.70. The van der Waals surface area contributed by atoms with Crippen molar-refractivity contribution in [1.82, 2.24) is 14.8 Å². The number of carbonyl (C=O) groups excluding carboxylic acids is 1. The summed E-state index contributed by atoms with van der Waals surface area (Å²) in [5, 5.41) is 0. The number of amides is 1. The maximum absolute atomic E-state index is 12.6. The molecule has 1 amide bonds. The summed E-state index contributed by atoms with van der Waals surface area (Å²) in [6.45, 7) is 6.29. The van der Waals surface area contributed by atoms with Crippen molar-refractivity contribution in [3.05, 3.63) is 63.8 Å². The third kappa shape index (κ3) is 5.40. The maximum atomic E-state index is 12.6. The summed E-state index contributed by atoms with van der Waals surface area (Å²) in [5.41, 5.74) is 3.13. The Morgan fingerprint density at radius 1 is 1.15 bits per heavy atom. The number of piperazine rings is 1. The summed E-state index contributed by atoms with van der Waals surface area (Å²) in [5.74, 6) is 0.552. The van der Waals surface area contributed by atoms with Crippen LogP contribution in [0.5, 0.6) is 5.88 Å². The summed E-state index contributed by atoms with van der Waals surface area (Å²) in [7, 11) is 1.57. The van der Waals surface area contributed by atoms with E-state index in [2.05, 4.69) is 63.1 Å². The van der Waals surface area contributed by atoms with Gasteiger partial charge in [-0.3, -0.25) is 9.69 Å². The van der Waals surface area contributed by atoms with Crippen molar-refractivity contribution in [3.63, 3.8) is 0 Å². The molecule has 2 aromatic rings. The number of ether oxygens (including phenoxy) is 1. The molecule has 0 spiro atoms. The van der Waals surface area contributed by atoms with Crippen LogP contribution in [0, 0.1) is 0 Å². The molecule has 6 heteroatoms. The van der Waals surface area contributed by atoms with Crippen LogP contribution in [0.3, 0.4) is 0 Å². The Kier molecular flexibility index (Phi) is 6.63. The molecule has 1 aliphatic rings. The second-order valence-corrected chi connectivity index (χ2v) is 7.62. The Balaban J connectivity index is 1.52. The van der Waals surface area contributed by atoms with Crippen molar-refractivity contribution in [2.45, 2.75) is 6.92 Å². The summed E-state index contributed by atoms with van der Waals surface area (Å²) >= 11 is 3.46. The lowest BCUT2D eigenvalue weighted by Gasteiger charge is -2.35. The zero-order valence-corrected chi connectivity index (χ0v) is 17.3. The van der Waals surface area contributed by atoms with E-state index in [0.29, 0.717) is 11.4 Å². The number of methoxy groups -OCH3 is 1. The van der Waals surface area contributed by atoms with E-state index >= 15 is 0 Å². The van der Waals surface area contributed by atoms with E-state index in [1.807, 2.05) is 4.90 Å². The fraction of sp³-hybridized carbons (Fsp3) is 0.333. The molecular weight excluding hydrogens is 406 g/mol. The van der Waals surface area contributed by atoms with Gasteiger partial charge in [0.1, 0.15) is 0 Å². The molecule has 0 atom stereocenters. The minimum Gasteiger partial charge on any atom is -0.481 e. The van der Waals surface area contributed by atoms with Gasteiger partial charge in [0.2, 0.25) is 5.88 Å². The van der Waals surface area contributed by atoms with E-state index in [1.165, 1.54) is 11.1 Å². The molecule has 3 rings (SSSR count). The summed E-state index contributed by atoms with van der Waals surface area (Å²) in [6, 6.07) is 11.8. The van der Waals surface area contributed by atoms with Gasteiger partial charge in [-0.15, -0.1) is 0 Å². The maximum Gasteiger partial charge on any atom is 0.255 e. The van der Waals surface area contributed by atoms with E-state index in [9.17, 15) is 4.79 Å². The molecule has 0 saturated carbocycles. The monoisotopic (exact) mass is 429 g/mol. The van der Waals surface area contributed by atoms with E-state index in [1.54, 1.807) is 25.4 Å². The number of rotatable bonds is 5. The largest absolute Gasteiger partial charge is 0.481 e. The first kappa shape index (κ1) is 19.6. The standard InChI is InChI=1S/C21H24BrN3O2/c1-16(13-17-3-6-19(22)7-4-17)15-24-9-11-25(12-10-24)21(26)18-5-8-20(27-2)23-14-18/h3-8,13-14H,9-12,15H2,1-2H3/b16-13+. The van der Waals surface area contributed by atoms with E-state index in [4.69, 9.17) is 4.74 Å². The zero-order chi connectivity index (χ0) is 19.2. The van der Waals surface area contributed by atoms with Crippen LogP contribution in [0.25, 0.3) is 6.08 Å². The number of halogens is 1. The molecule has 2 heterocycles. The quantitative estimate of drug-likeness (QED) is 0.726. The van der Waals surface area contributed by atoms with Gasteiger partial charge in [-0.1, -0.05) is 39.7 Å². The van der Waals surface area contributed by atoms with Crippen LogP contribution >= 0.6 is 15.9 Å². The lowest BCUT2D eigenvalue weighted by Crippen LogP contribution is -2.49. The molecule has 0 unspecified atom stereocenters. The number of carbonyl (C=O) groups is 1. The van der Waals surface area contributed by atoms with Gasteiger partial charge >= 0.3 is 0 Å². The van der Waals surface area contributed by atoms with Gasteiger partial charge in [-0.25, -0.2) is 4.98 Å². The Bertz CT molecular complexity index is 795. The molecular formula is C21H24BrN3O2. The van der Waals surface area contributed by atoms with Crippen LogP contribution in [-0.4, -0.2) is 60.5 Å². The minimum atomic E-state index is 0.0342. The topological polar surface area (TPSA) is 45.7 Å². The Morgan fingerprint density at radius 2 is 1.85 bits per heavy atom. The number of hydrogen-bond donors (Lipinski definition) is 0. The number of pyridine rings is 1. The fourth-order valence-corrected chi connectivity index (χ4v) is 3.43. The highest BCUT2D eigenvalue weighted by atomic mass is 79.9. The molecule has 0 radical (unpaired) electrons. The van der Waals surface area contributed by atoms with Crippen molar-refractivity contribution in [2.24, 2.45) is 0 Å². The molecule has 1 fully saturated rings. The van der Waals surface area contributed by atoms with Crippen LogP contribution in [0.1, 0.15) is 22.8 Å². The molecule has 1 aliphatic heterocycles. The molecule has 1 saturated heterocycles. The van der Waals surface area contributed by atoms with E-state index < -0.39 is 0 Å². The van der Waals surface area contributed by atoms with Gasteiger partial charge < -0.3 is 9.64 Å². The molecule has 1 aromatic heterocycles. The van der Waals surface area contributed by atoms with Gasteiger partial charge in [0.05, 0.1) is 12.7 Å². The summed E-state index contributed by atoms with van der Waals surface area (Å²) in [4.78, 5) is 21.0. The minimum absolute atomic E-state index is 0.0342.